The Morgan fingerprint density at radius 2 is 1.87 bits per heavy atom. The van der Waals surface area contributed by atoms with Crippen molar-refractivity contribution in [3.05, 3.63) is 56.7 Å². The minimum atomic E-state index is -0.438. The summed E-state index contributed by atoms with van der Waals surface area (Å²) in [5.74, 6) is -0.275. The molecule has 1 aromatic carbocycles. The Labute approximate surface area is 178 Å². The number of carbonyl (C=O) groups is 1. The highest BCUT2D eigenvalue weighted by Crippen LogP contribution is 2.32. The van der Waals surface area contributed by atoms with Gasteiger partial charge in [0, 0.05) is 26.2 Å². The molecular weight excluding hydrogens is 426 g/mol. The molecule has 1 amide bonds. The number of rotatable bonds is 5. The lowest BCUT2D eigenvalue weighted by atomic mass is 10.2. The summed E-state index contributed by atoms with van der Waals surface area (Å²) in [6, 6.07) is 8.81. The zero-order valence-electron chi connectivity index (χ0n) is 16.3. The van der Waals surface area contributed by atoms with Crippen LogP contribution in [0.1, 0.15) is 17.3 Å². The van der Waals surface area contributed by atoms with Crippen molar-refractivity contribution in [2.24, 2.45) is 14.1 Å². The van der Waals surface area contributed by atoms with Crippen LogP contribution in [0, 0.1) is 0 Å². The molecule has 0 spiro atoms. The molecule has 3 aromatic heterocycles. The molecule has 0 radical (unpaired) electrons. The van der Waals surface area contributed by atoms with Crippen LogP contribution < -0.4 is 16.6 Å². The summed E-state index contributed by atoms with van der Waals surface area (Å²) in [6.45, 7) is 2.38. The summed E-state index contributed by atoms with van der Waals surface area (Å²) in [5, 5.41) is 11.7. The van der Waals surface area contributed by atoms with Gasteiger partial charge in [-0.2, -0.15) is 0 Å². The number of nitrogens with zero attached hydrogens (tertiary/aromatic N) is 6. The number of imidazole rings is 1. The molecule has 0 aliphatic carbocycles. The van der Waals surface area contributed by atoms with Gasteiger partial charge in [-0.15, -0.1) is 10.2 Å². The third-order valence-electron chi connectivity index (χ3n) is 4.47. The fraction of sp³-hybridized carbons (Fsp3) is 0.222. The quantitative estimate of drug-likeness (QED) is 0.467. The summed E-state index contributed by atoms with van der Waals surface area (Å²) in [4.78, 5) is 41.6. The second-order valence-electron chi connectivity index (χ2n) is 6.31. The van der Waals surface area contributed by atoms with Crippen LogP contribution in [0.4, 0.5) is 5.13 Å². The van der Waals surface area contributed by atoms with Crippen molar-refractivity contribution in [1.29, 1.82) is 0 Å². The van der Waals surface area contributed by atoms with Crippen molar-refractivity contribution in [3.8, 4) is 0 Å². The topological polar surface area (TPSA) is 117 Å². The lowest BCUT2D eigenvalue weighted by Crippen LogP contribution is -2.37. The first-order chi connectivity index (χ1) is 14.4. The second kappa shape index (κ2) is 7.88. The van der Waals surface area contributed by atoms with Crippen LogP contribution >= 0.6 is 23.1 Å². The molecule has 12 heteroatoms. The number of aromatic nitrogens is 6. The Bertz CT molecular complexity index is 1370. The van der Waals surface area contributed by atoms with Crippen LogP contribution in [0.15, 0.2) is 49.4 Å². The number of carbonyl (C=O) groups excluding carboxylic acids is 1. The minimum absolute atomic E-state index is 0.275. The summed E-state index contributed by atoms with van der Waals surface area (Å²) < 4.78 is 4.70. The molecule has 4 aromatic rings. The van der Waals surface area contributed by atoms with Crippen molar-refractivity contribution in [1.82, 2.24) is 28.9 Å². The highest BCUT2D eigenvalue weighted by atomic mass is 32.2. The van der Waals surface area contributed by atoms with Gasteiger partial charge in [-0.25, -0.2) is 9.78 Å². The minimum Gasteiger partial charge on any atom is -0.313 e. The molecule has 10 nitrogen and oxygen atoms in total. The molecule has 0 saturated heterocycles. The summed E-state index contributed by atoms with van der Waals surface area (Å²) in [5.41, 5.74) is 0.349. The zero-order chi connectivity index (χ0) is 21.4. The number of hydrogen-bond acceptors (Lipinski definition) is 8. The van der Waals surface area contributed by atoms with E-state index in [1.165, 1.54) is 34.7 Å². The Balaban J connectivity index is 1.65. The molecule has 3 heterocycles. The molecule has 0 aliphatic heterocycles. The first-order valence-corrected chi connectivity index (χ1v) is 10.6. The Morgan fingerprint density at radius 1 is 1.13 bits per heavy atom. The molecule has 30 heavy (non-hydrogen) atoms. The van der Waals surface area contributed by atoms with Crippen molar-refractivity contribution in [2.75, 3.05) is 5.32 Å². The number of anilines is 1. The fourth-order valence-corrected chi connectivity index (χ4v) is 4.74. The van der Waals surface area contributed by atoms with Crippen LogP contribution in [0.5, 0.6) is 0 Å². The smallest absolute Gasteiger partial charge is 0.313 e. The van der Waals surface area contributed by atoms with Gasteiger partial charge in [-0.3, -0.25) is 24.0 Å². The molecule has 154 valence electrons. The van der Waals surface area contributed by atoms with E-state index in [2.05, 4.69) is 20.5 Å². The average molecular weight is 444 g/mol. The van der Waals surface area contributed by atoms with Gasteiger partial charge in [0.25, 0.3) is 11.5 Å². The van der Waals surface area contributed by atoms with Crippen molar-refractivity contribution in [2.45, 2.75) is 23.0 Å². The van der Waals surface area contributed by atoms with E-state index in [1.807, 2.05) is 13.0 Å². The first kappa shape index (κ1) is 20.0. The predicted molar refractivity (Wildman–Crippen MR) is 114 cm³/mol. The summed E-state index contributed by atoms with van der Waals surface area (Å²) >= 11 is 2.42. The van der Waals surface area contributed by atoms with Crippen LogP contribution in [0.3, 0.4) is 0 Å². The van der Waals surface area contributed by atoms with E-state index in [0.29, 0.717) is 37.9 Å². The van der Waals surface area contributed by atoms with Crippen LogP contribution in [0.25, 0.3) is 11.2 Å². The van der Waals surface area contributed by atoms with E-state index >= 15 is 0 Å². The van der Waals surface area contributed by atoms with E-state index in [-0.39, 0.29) is 5.91 Å². The van der Waals surface area contributed by atoms with Crippen LogP contribution in [-0.4, -0.2) is 34.8 Å². The lowest BCUT2D eigenvalue weighted by molar-refractivity contribution is 0.102. The molecule has 0 fully saturated rings. The van der Waals surface area contributed by atoms with Gasteiger partial charge < -0.3 is 4.57 Å². The average Bonchev–Trinajstić information content (AvgIpc) is 3.35. The Hall–Kier alpha value is -3.25. The van der Waals surface area contributed by atoms with Crippen LogP contribution in [-0.2, 0) is 20.6 Å². The lowest BCUT2D eigenvalue weighted by Gasteiger charge is -2.05. The summed E-state index contributed by atoms with van der Waals surface area (Å²) in [6.07, 6.45) is 0. The third-order valence-corrected chi connectivity index (χ3v) is 6.35. The standard InChI is InChI=1S/C18H17N7O3S2/c1-4-25-11-12(23(2)18(28)24(3)14(11)27)19-16(25)30-17-22-21-15(29-17)20-13(26)10-8-6-5-7-9-10/h5-9H,4H2,1-3H3,(H,20,21,26). The van der Waals surface area contributed by atoms with Crippen molar-refractivity contribution >= 4 is 45.3 Å². The number of nitrogens with one attached hydrogen (secondary N) is 1. The Morgan fingerprint density at radius 3 is 2.57 bits per heavy atom. The van der Waals surface area contributed by atoms with Gasteiger partial charge in [0.2, 0.25) is 5.13 Å². The SMILES string of the molecule is CCn1c(Sc2nnc(NC(=O)c3ccccc3)s2)nc2c1c(=O)n(C)c(=O)n2C. The van der Waals surface area contributed by atoms with Crippen molar-refractivity contribution < 1.29 is 4.79 Å². The van der Waals surface area contributed by atoms with E-state index in [4.69, 9.17) is 0 Å². The summed E-state index contributed by atoms with van der Waals surface area (Å²) in [7, 11) is 3.02. The molecule has 1 N–H and O–H groups in total. The third kappa shape index (κ3) is 3.44. The van der Waals surface area contributed by atoms with Gasteiger partial charge >= 0.3 is 5.69 Å². The van der Waals surface area contributed by atoms with Crippen LogP contribution in [0.2, 0.25) is 0 Å². The van der Waals surface area contributed by atoms with Gasteiger partial charge in [-0.05, 0) is 30.8 Å². The van der Waals surface area contributed by atoms with Gasteiger partial charge in [0.15, 0.2) is 20.7 Å². The normalized spacial score (nSPS) is 11.2. The maximum atomic E-state index is 12.6. The van der Waals surface area contributed by atoms with E-state index < -0.39 is 11.2 Å². The number of benzene rings is 1. The molecule has 0 saturated carbocycles. The molecule has 0 unspecified atom stereocenters. The predicted octanol–water partition coefficient (Wildman–Crippen LogP) is 1.71. The largest absolute Gasteiger partial charge is 0.332 e. The second-order valence-corrected chi connectivity index (χ2v) is 8.50. The number of amides is 1. The number of aryl methyl sites for hydroxylation is 2. The van der Waals surface area contributed by atoms with Gasteiger partial charge in [0.05, 0.1) is 0 Å². The van der Waals surface area contributed by atoms with Gasteiger partial charge in [0.1, 0.15) is 0 Å². The molecule has 4 rings (SSSR count). The maximum Gasteiger partial charge on any atom is 0.332 e. The fourth-order valence-electron chi connectivity index (χ4n) is 2.94. The number of hydrogen-bond donors (Lipinski definition) is 1. The molecule has 0 aliphatic rings. The monoisotopic (exact) mass is 443 g/mol. The van der Waals surface area contributed by atoms with Gasteiger partial charge in [-0.1, -0.05) is 29.5 Å². The van der Waals surface area contributed by atoms with E-state index in [1.54, 1.807) is 35.9 Å². The highest BCUT2D eigenvalue weighted by molar-refractivity contribution is 8.01. The zero-order valence-corrected chi connectivity index (χ0v) is 18.0. The molecule has 0 bridgehead atoms. The van der Waals surface area contributed by atoms with E-state index in [0.717, 1.165) is 4.57 Å². The number of fused-ring (bicyclic) bond motifs is 1. The van der Waals surface area contributed by atoms with Crippen molar-refractivity contribution in [3.63, 3.8) is 0 Å². The highest BCUT2D eigenvalue weighted by Gasteiger charge is 2.20. The first-order valence-electron chi connectivity index (χ1n) is 8.94. The van der Waals surface area contributed by atoms with E-state index in [9.17, 15) is 14.4 Å². The molecule has 0 atom stereocenters. The Kier molecular flexibility index (Phi) is 5.26. The maximum absolute atomic E-state index is 12.6. The molecular formula is C18H17N7O3S2.